The minimum atomic E-state index is -0.348. The van der Waals surface area contributed by atoms with Crippen molar-refractivity contribution in [1.82, 2.24) is 25.1 Å². The number of anilines is 1. The largest absolute Gasteiger partial charge is 0.504 e. The van der Waals surface area contributed by atoms with Gasteiger partial charge in [0.25, 0.3) is 5.91 Å². The molecule has 1 aliphatic rings. The van der Waals surface area contributed by atoms with Gasteiger partial charge in [0.1, 0.15) is 18.5 Å². The standard InChI is InChI=1S/C19H18Cl2N8O2/c20-13-5-11(29-9-24-8-26-29)1-2-12(13)19(31)27-10-3-4-28(7-10)18-16(30)15(17(22)23)14(21)6-25-18/h1-2,5-6,8-10,30H,3-4,7H2,(H3,22,23)(H,27,31)/t10-/m1/s1. The maximum Gasteiger partial charge on any atom is 0.253 e. The number of nitrogens with one attached hydrogen (secondary N) is 2. The molecule has 2 aromatic heterocycles. The second-order valence-electron chi connectivity index (χ2n) is 6.98. The van der Waals surface area contributed by atoms with Crippen molar-refractivity contribution in [3.8, 4) is 11.4 Å². The Labute approximate surface area is 187 Å². The summed E-state index contributed by atoms with van der Waals surface area (Å²) in [6.07, 6.45) is 4.93. The van der Waals surface area contributed by atoms with Crippen molar-refractivity contribution in [2.75, 3.05) is 18.0 Å². The summed E-state index contributed by atoms with van der Waals surface area (Å²) in [7, 11) is 0. The van der Waals surface area contributed by atoms with Crippen molar-refractivity contribution in [1.29, 1.82) is 5.41 Å². The number of pyridine rings is 1. The van der Waals surface area contributed by atoms with Crippen LogP contribution in [0.1, 0.15) is 22.3 Å². The number of amidine groups is 1. The van der Waals surface area contributed by atoms with E-state index in [1.165, 1.54) is 18.9 Å². The first kappa shape index (κ1) is 20.9. The highest BCUT2D eigenvalue weighted by Crippen LogP contribution is 2.34. The van der Waals surface area contributed by atoms with Gasteiger partial charge in [-0.25, -0.2) is 14.6 Å². The Morgan fingerprint density at radius 3 is 2.81 bits per heavy atom. The van der Waals surface area contributed by atoms with E-state index in [0.717, 1.165) is 0 Å². The Morgan fingerprint density at radius 1 is 1.32 bits per heavy atom. The summed E-state index contributed by atoms with van der Waals surface area (Å²) in [5.41, 5.74) is 6.58. The number of aromatic nitrogens is 4. The predicted molar refractivity (Wildman–Crippen MR) is 116 cm³/mol. The van der Waals surface area contributed by atoms with Crippen LogP contribution in [-0.2, 0) is 0 Å². The molecule has 1 fully saturated rings. The summed E-state index contributed by atoms with van der Waals surface area (Å²) in [6.45, 7) is 0.962. The van der Waals surface area contributed by atoms with Crippen LogP contribution in [0.5, 0.6) is 5.75 Å². The van der Waals surface area contributed by atoms with Crippen LogP contribution < -0.4 is 16.0 Å². The highest BCUT2D eigenvalue weighted by Gasteiger charge is 2.29. The van der Waals surface area contributed by atoms with Crippen LogP contribution in [0.3, 0.4) is 0 Å². The second-order valence-corrected chi connectivity index (χ2v) is 7.79. The van der Waals surface area contributed by atoms with Crippen LogP contribution in [0.2, 0.25) is 10.0 Å². The second kappa shape index (κ2) is 8.40. The van der Waals surface area contributed by atoms with Gasteiger partial charge in [-0.15, -0.1) is 0 Å². The van der Waals surface area contributed by atoms with Crippen LogP contribution >= 0.6 is 23.2 Å². The van der Waals surface area contributed by atoms with Gasteiger partial charge in [0.2, 0.25) is 0 Å². The van der Waals surface area contributed by atoms with Gasteiger partial charge >= 0.3 is 0 Å². The molecule has 31 heavy (non-hydrogen) atoms. The molecule has 0 saturated carbocycles. The topological polar surface area (TPSA) is 146 Å². The zero-order chi connectivity index (χ0) is 22.1. The molecule has 1 amide bonds. The molecule has 160 valence electrons. The van der Waals surface area contributed by atoms with E-state index in [-0.39, 0.29) is 39.9 Å². The Kier molecular flexibility index (Phi) is 5.66. The molecule has 1 saturated heterocycles. The number of aromatic hydroxyl groups is 1. The predicted octanol–water partition coefficient (Wildman–Crippen LogP) is 1.97. The third-order valence-corrected chi connectivity index (χ3v) is 5.56. The van der Waals surface area contributed by atoms with Gasteiger partial charge in [0, 0.05) is 25.3 Å². The number of benzene rings is 1. The fourth-order valence-electron chi connectivity index (χ4n) is 3.46. The van der Waals surface area contributed by atoms with E-state index < -0.39 is 0 Å². The lowest BCUT2D eigenvalue weighted by molar-refractivity contribution is 0.0940. The first-order valence-corrected chi connectivity index (χ1v) is 10.0. The average molecular weight is 461 g/mol. The smallest absolute Gasteiger partial charge is 0.253 e. The SMILES string of the molecule is N=C(N)c1c(Cl)cnc(N2CC[C@@H](NC(=O)c3ccc(-n4cncn4)cc3Cl)C2)c1O. The van der Waals surface area contributed by atoms with Crippen molar-refractivity contribution in [3.63, 3.8) is 0 Å². The normalized spacial score (nSPS) is 15.8. The minimum Gasteiger partial charge on any atom is -0.504 e. The summed E-state index contributed by atoms with van der Waals surface area (Å²) in [5, 5.41) is 25.4. The molecule has 0 spiro atoms. The quantitative estimate of drug-likeness (QED) is 0.336. The zero-order valence-electron chi connectivity index (χ0n) is 16.1. The first-order valence-electron chi connectivity index (χ1n) is 9.27. The number of nitrogens with two attached hydrogens (primary N) is 1. The number of amides is 1. The highest BCUT2D eigenvalue weighted by molar-refractivity contribution is 6.34. The fraction of sp³-hybridized carbons (Fsp3) is 0.211. The molecule has 1 aliphatic heterocycles. The van der Waals surface area contributed by atoms with Crippen LogP contribution in [0, 0.1) is 5.41 Å². The van der Waals surface area contributed by atoms with Crippen molar-refractivity contribution >= 4 is 40.8 Å². The summed E-state index contributed by atoms with van der Waals surface area (Å²) < 4.78 is 1.54. The van der Waals surface area contributed by atoms with Crippen LogP contribution in [0.15, 0.2) is 37.1 Å². The number of hydrogen-bond donors (Lipinski definition) is 4. The Balaban J connectivity index is 1.46. The summed E-state index contributed by atoms with van der Waals surface area (Å²) in [4.78, 5) is 22.6. The van der Waals surface area contributed by atoms with Gasteiger partial charge < -0.3 is 21.1 Å². The molecule has 0 aliphatic carbocycles. The van der Waals surface area contributed by atoms with Gasteiger partial charge in [-0.3, -0.25) is 10.2 Å². The van der Waals surface area contributed by atoms with Crippen molar-refractivity contribution in [2.45, 2.75) is 12.5 Å². The number of nitrogens with zero attached hydrogens (tertiary/aromatic N) is 5. The number of carbonyl (C=O) groups is 1. The molecule has 0 unspecified atom stereocenters. The summed E-state index contributed by atoms with van der Waals surface area (Å²) in [5.74, 6) is -0.640. The molecule has 1 atom stereocenters. The van der Waals surface area contributed by atoms with Gasteiger partial charge in [-0.2, -0.15) is 5.10 Å². The van der Waals surface area contributed by atoms with Crippen molar-refractivity contribution in [2.24, 2.45) is 5.73 Å². The average Bonchev–Trinajstić information content (AvgIpc) is 3.40. The lowest BCUT2D eigenvalue weighted by Gasteiger charge is -2.20. The third-order valence-electron chi connectivity index (χ3n) is 4.96. The Morgan fingerprint density at radius 2 is 2.13 bits per heavy atom. The maximum absolute atomic E-state index is 12.7. The third kappa shape index (κ3) is 4.12. The molecule has 3 heterocycles. The van der Waals surface area contributed by atoms with E-state index >= 15 is 0 Å². The zero-order valence-corrected chi connectivity index (χ0v) is 17.6. The number of rotatable bonds is 5. The number of nitrogen functional groups attached to an aromatic ring is 1. The molecule has 0 radical (unpaired) electrons. The number of carbonyl (C=O) groups excluding carboxylic acids is 1. The van der Waals surface area contributed by atoms with E-state index in [2.05, 4.69) is 20.4 Å². The monoisotopic (exact) mass is 460 g/mol. The van der Waals surface area contributed by atoms with Crippen molar-refractivity contribution < 1.29 is 9.90 Å². The van der Waals surface area contributed by atoms with E-state index in [4.69, 9.17) is 34.3 Å². The molecule has 1 aromatic carbocycles. The first-order chi connectivity index (χ1) is 14.8. The lowest BCUT2D eigenvalue weighted by Crippen LogP contribution is -2.37. The molecule has 4 rings (SSSR count). The van der Waals surface area contributed by atoms with Gasteiger partial charge in [0.15, 0.2) is 11.6 Å². The van der Waals surface area contributed by atoms with Gasteiger partial charge in [-0.1, -0.05) is 23.2 Å². The van der Waals surface area contributed by atoms with E-state index in [0.29, 0.717) is 35.8 Å². The number of hydrogen-bond acceptors (Lipinski definition) is 7. The molecular formula is C19H18Cl2N8O2. The molecule has 3 aromatic rings. The highest BCUT2D eigenvalue weighted by atomic mass is 35.5. The van der Waals surface area contributed by atoms with Crippen LogP contribution in [-0.4, -0.2) is 55.7 Å². The van der Waals surface area contributed by atoms with Gasteiger partial charge in [0.05, 0.1) is 26.9 Å². The Bertz CT molecular complexity index is 1150. The van der Waals surface area contributed by atoms with E-state index in [1.807, 2.05) is 0 Å². The molecular weight excluding hydrogens is 443 g/mol. The van der Waals surface area contributed by atoms with E-state index in [9.17, 15) is 9.90 Å². The Hall–Kier alpha value is -3.37. The molecule has 5 N–H and O–H groups in total. The minimum absolute atomic E-state index is 0.0402. The van der Waals surface area contributed by atoms with Crippen LogP contribution in [0.4, 0.5) is 5.82 Å². The molecule has 12 heteroatoms. The summed E-state index contributed by atoms with van der Waals surface area (Å²) in [6, 6.07) is 4.82. The molecule has 10 nitrogen and oxygen atoms in total. The van der Waals surface area contributed by atoms with E-state index in [1.54, 1.807) is 27.8 Å². The molecule has 0 bridgehead atoms. The lowest BCUT2D eigenvalue weighted by atomic mass is 10.1. The fourth-order valence-corrected chi connectivity index (χ4v) is 3.96. The van der Waals surface area contributed by atoms with Gasteiger partial charge in [-0.05, 0) is 24.6 Å². The maximum atomic E-state index is 12.7. The summed E-state index contributed by atoms with van der Waals surface area (Å²) >= 11 is 12.3. The van der Waals surface area contributed by atoms with Crippen molar-refractivity contribution in [3.05, 3.63) is 58.2 Å². The number of halogens is 2. The van der Waals surface area contributed by atoms with Crippen LogP contribution in [0.25, 0.3) is 5.69 Å².